The number of carbonyl (C=O) groups excluding carboxylic acids is 1. The highest BCUT2D eigenvalue weighted by atomic mass is 79.9. The summed E-state index contributed by atoms with van der Waals surface area (Å²) in [5.41, 5.74) is 0.521. The van der Waals surface area contributed by atoms with Gasteiger partial charge in [0, 0.05) is 37.8 Å². The lowest BCUT2D eigenvalue weighted by Gasteiger charge is -2.20. The fourth-order valence-corrected chi connectivity index (χ4v) is 3.21. The van der Waals surface area contributed by atoms with Crippen LogP contribution in [-0.4, -0.2) is 58.2 Å². The third-order valence-electron chi connectivity index (χ3n) is 2.99. The first-order valence-corrected chi connectivity index (χ1v) is 9.47. The number of rotatable bonds is 9. The van der Waals surface area contributed by atoms with E-state index in [-0.39, 0.29) is 19.0 Å². The molecule has 1 aromatic rings. The molecular weight excluding hydrogens is 372 g/mol. The molecule has 0 aliphatic carbocycles. The van der Waals surface area contributed by atoms with Crippen molar-refractivity contribution in [2.75, 3.05) is 39.6 Å². The maximum Gasteiger partial charge on any atom is 0.252 e. The largest absolute Gasteiger partial charge is 0.385 e. The van der Waals surface area contributed by atoms with Crippen molar-refractivity contribution in [1.29, 1.82) is 0 Å². The molecule has 0 aromatic heterocycles. The summed E-state index contributed by atoms with van der Waals surface area (Å²) in [6, 6.07) is 7.07. The molecule has 0 heterocycles. The first-order chi connectivity index (χ1) is 10.4. The second kappa shape index (κ2) is 9.24. The maximum atomic E-state index is 12.0. The Morgan fingerprint density at radius 3 is 2.59 bits per heavy atom. The van der Waals surface area contributed by atoms with Crippen LogP contribution in [0.1, 0.15) is 16.8 Å². The van der Waals surface area contributed by atoms with Gasteiger partial charge >= 0.3 is 0 Å². The minimum absolute atomic E-state index is 0.235. The number of ether oxygens (including phenoxy) is 1. The van der Waals surface area contributed by atoms with Crippen molar-refractivity contribution in [3.63, 3.8) is 0 Å². The maximum absolute atomic E-state index is 12.0. The lowest BCUT2D eigenvalue weighted by atomic mass is 10.2. The number of nitrogens with one attached hydrogen (secondary N) is 1. The van der Waals surface area contributed by atoms with Crippen LogP contribution in [0.2, 0.25) is 0 Å². The van der Waals surface area contributed by atoms with Gasteiger partial charge in [0.05, 0.1) is 11.8 Å². The summed E-state index contributed by atoms with van der Waals surface area (Å²) in [4.78, 5) is 12.0. The van der Waals surface area contributed by atoms with Crippen LogP contribution in [0.25, 0.3) is 0 Å². The van der Waals surface area contributed by atoms with Gasteiger partial charge in [-0.3, -0.25) is 4.79 Å². The molecule has 0 saturated carbocycles. The van der Waals surface area contributed by atoms with Gasteiger partial charge in [-0.2, -0.15) is 0 Å². The summed E-state index contributed by atoms with van der Waals surface area (Å²) in [5, 5.41) is 2.73. The SMILES string of the molecule is COCCCN(CCNC(=O)c1ccccc1Br)S(C)(=O)=O. The summed E-state index contributed by atoms with van der Waals surface area (Å²) >= 11 is 3.31. The number of benzene rings is 1. The highest BCUT2D eigenvalue weighted by molar-refractivity contribution is 9.10. The molecule has 0 unspecified atom stereocenters. The Labute approximate surface area is 140 Å². The van der Waals surface area contributed by atoms with Crippen LogP contribution >= 0.6 is 15.9 Å². The first kappa shape index (κ1) is 19.1. The van der Waals surface area contributed by atoms with Crippen LogP contribution in [0.3, 0.4) is 0 Å². The van der Waals surface area contributed by atoms with Crippen LogP contribution in [-0.2, 0) is 14.8 Å². The monoisotopic (exact) mass is 392 g/mol. The fraction of sp³-hybridized carbons (Fsp3) is 0.500. The van der Waals surface area contributed by atoms with Crippen molar-refractivity contribution in [3.05, 3.63) is 34.3 Å². The first-order valence-electron chi connectivity index (χ1n) is 6.83. The van der Waals surface area contributed by atoms with E-state index in [1.807, 2.05) is 6.07 Å². The van der Waals surface area contributed by atoms with Crippen molar-refractivity contribution in [1.82, 2.24) is 9.62 Å². The zero-order chi connectivity index (χ0) is 16.6. The molecule has 0 atom stereocenters. The summed E-state index contributed by atoms with van der Waals surface area (Å²) in [7, 11) is -1.73. The molecule has 6 nitrogen and oxygen atoms in total. The predicted molar refractivity (Wildman–Crippen MR) is 89.4 cm³/mol. The Bertz CT molecular complexity index is 592. The predicted octanol–water partition coefficient (Wildman–Crippen LogP) is 1.48. The van der Waals surface area contributed by atoms with Gasteiger partial charge in [-0.25, -0.2) is 12.7 Å². The molecule has 0 bridgehead atoms. The summed E-state index contributed by atoms with van der Waals surface area (Å²) in [5.74, 6) is -0.238. The van der Waals surface area contributed by atoms with Crippen molar-refractivity contribution >= 4 is 31.9 Å². The molecule has 0 saturated heterocycles. The second-order valence-corrected chi connectivity index (χ2v) is 7.58. The molecule has 1 amide bonds. The zero-order valence-electron chi connectivity index (χ0n) is 12.7. The van der Waals surface area contributed by atoms with Gasteiger partial charge in [0.1, 0.15) is 0 Å². The van der Waals surface area contributed by atoms with E-state index in [0.717, 1.165) is 6.26 Å². The van der Waals surface area contributed by atoms with Gasteiger partial charge in [0.15, 0.2) is 0 Å². The fourth-order valence-electron chi connectivity index (χ4n) is 1.86. The highest BCUT2D eigenvalue weighted by Crippen LogP contribution is 2.15. The number of halogens is 1. The van der Waals surface area contributed by atoms with Gasteiger partial charge in [-0.15, -0.1) is 0 Å². The Kier molecular flexibility index (Phi) is 8.02. The van der Waals surface area contributed by atoms with Crippen LogP contribution in [0.5, 0.6) is 0 Å². The summed E-state index contributed by atoms with van der Waals surface area (Å²) in [6.45, 7) is 1.35. The molecule has 8 heteroatoms. The molecular formula is C14H21BrN2O4S. The zero-order valence-corrected chi connectivity index (χ0v) is 15.1. The molecule has 1 N–H and O–H groups in total. The van der Waals surface area contributed by atoms with Crippen LogP contribution in [0, 0.1) is 0 Å². The summed E-state index contributed by atoms with van der Waals surface area (Å²) < 4.78 is 30.3. The molecule has 1 rings (SSSR count). The van der Waals surface area contributed by atoms with E-state index in [0.29, 0.717) is 29.6 Å². The van der Waals surface area contributed by atoms with E-state index >= 15 is 0 Å². The Hall–Kier alpha value is -0.960. The normalized spacial score (nSPS) is 11.6. The van der Waals surface area contributed by atoms with Crippen molar-refractivity contribution in [3.8, 4) is 0 Å². The van der Waals surface area contributed by atoms with Gasteiger partial charge in [0.25, 0.3) is 5.91 Å². The average molecular weight is 393 g/mol. The lowest BCUT2D eigenvalue weighted by molar-refractivity contribution is 0.0950. The average Bonchev–Trinajstić information content (AvgIpc) is 2.45. The van der Waals surface area contributed by atoms with Crippen LogP contribution in [0.15, 0.2) is 28.7 Å². The smallest absolute Gasteiger partial charge is 0.252 e. The number of hydrogen-bond donors (Lipinski definition) is 1. The van der Waals surface area contributed by atoms with E-state index in [1.165, 1.54) is 4.31 Å². The molecule has 1 aromatic carbocycles. The topological polar surface area (TPSA) is 75.7 Å². The van der Waals surface area contributed by atoms with Crippen LogP contribution < -0.4 is 5.32 Å². The molecule has 0 fully saturated rings. The van der Waals surface area contributed by atoms with Crippen molar-refractivity contribution in [2.45, 2.75) is 6.42 Å². The Morgan fingerprint density at radius 1 is 1.32 bits per heavy atom. The third-order valence-corrected chi connectivity index (χ3v) is 4.98. The van der Waals surface area contributed by atoms with Crippen molar-refractivity contribution in [2.24, 2.45) is 0 Å². The lowest BCUT2D eigenvalue weighted by Crippen LogP contribution is -2.39. The third kappa shape index (κ3) is 6.43. The Balaban J connectivity index is 2.52. The van der Waals surface area contributed by atoms with E-state index in [4.69, 9.17) is 4.74 Å². The number of carbonyl (C=O) groups is 1. The number of sulfonamides is 1. The molecule has 0 aliphatic heterocycles. The number of hydrogen-bond acceptors (Lipinski definition) is 4. The molecule has 124 valence electrons. The van der Waals surface area contributed by atoms with Gasteiger partial charge in [0.2, 0.25) is 10.0 Å². The minimum Gasteiger partial charge on any atom is -0.385 e. The van der Waals surface area contributed by atoms with Gasteiger partial charge < -0.3 is 10.1 Å². The summed E-state index contributed by atoms with van der Waals surface area (Å²) in [6.07, 6.45) is 1.77. The van der Waals surface area contributed by atoms with E-state index < -0.39 is 10.0 Å². The number of methoxy groups -OCH3 is 1. The highest BCUT2D eigenvalue weighted by Gasteiger charge is 2.16. The quantitative estimate of drug-likeness (QED) is 0.645. The molecule has 0 spiro atoms. The second-order valence-electron chi connectivity index (χ2n) is 4.74. The van der Waals surface area contributed by atoms with E-state index in [1.54, 1.807) is 25.3 Å². The number of amides is 1. The molecule has 0 aliphatic rings. The van der Waals surface area contributed by atoms with Gasteiger partial charge in [-0.05, 0) is 34.5 Å². The van der Waals surface area contributed by atoms with E-state index in [9.17, 15) is 13.2 Å². The van der Waals surface area contributed by atoms with Crippen LogP contribution in [0.4, 0.5) is 0 Å². The molecule has 22 heavy (non-hydrogen) atoms. The van der Waals surface area contributed by atoms with E-state index in [2.05, 4.69) is 21.2 Å². The number of nitrogens with zero attached hydrogens (tertiary/aromatic N) is 1. The standard InChI is InChI=1S/C14H21BrN2O4S/c1-21-11-5-9-17(22(2,19)20)10-8-16-14(18)12-6-3-4-7-13(12)15/h3-4,6-7H,5,8-11H2,1-2H3,(H,16,18). The minimum atomic E-state index is -3.30. The molecule has 0 radical (unpaired) electrons. The Morgan fingerprint density at radius 2 is 2.00 bits per heavy atom. The van der Waals surface area contributed by atoms with Gasteiger partial charge in [-0.1, -0.05) is 12.1 Å². The van der Waals surface area contributed by atoms with Crippen molar-refractivity contribution < 1.29 is 17.9 Å².